The third kappa shape index (κ3) is 5.07. The smallest absolute Gasteiger partial charge is 0.262 e. The summed E-state index contributed by atoms with van der Waals surface area (Å²) in [5.74, 6) is 1.47. The molecule has 0 atom stereocenters. The number of benzene rings is 1. The molecule has 174 valence electrons. The minimum Gasteiger partial charge on any atom is -0.342 e. The molecule has 0 aliphatic carbocycles. The van der Waals surface area contributed by atoms with Crippen LogP contribution in [0, 0.1) is 18.8 Å². The van der Waals surface area contributed by atoms with E-state index in [2.05, 4.69) is 29.2 Å². The normalized spacial score (nSPS) is 19.4. The molecule has 8 heteroatoms. The van der Waals surface area contributed by atoms with Crippen LogP contribution >= 0.6 is 0 Å². The van der Waals surface area contributed by atoms with Gasteiger partial charge in [-0.3, -0.25) is 4.79 Å². The van der Waals surface area contributed by atoms with Crippen LogP contribution < -0.4 is 0 Å². The SMILES string of the molecule is Cc1nc(S(=O)(=O)N2CCC(C(=O)N3CCC(CCc4ccccc4)CC3)CC2)cn1C. The predicted octanol–water partition coefficient (Wildman–Crippen LogP) is 3.00. The maximum absolute atomic E-state index is 13.1. The van der Waals surface area contributed by atoms with Crippen LogP contribution in [0.2, 0.25) is 0 Å². The first-order valence-corrected chi connectivity index (χ1v) is 13.1. The van der Waals surface area contributed by atoms with Crippen molar-refractivity contribution in [2.24, 2.45) is 18.9 Å². The van der Waals surface area contributed by atoms with E-state index in [-0.39, 0.29) is 16.9 Å². The van der Waals surface area contributed by atoms with Crippen molar-refractivity contribution in [1.82, 2.24) is 18.8 Å². The molecule has 3 heterocycles. The van der Waals surface area contributed by atoms with E-state index in [1.165, 1.54) is 16.3 Å². The van der Waals surface area contributed by atoms with Gasteiger partial charge in [0.15, 0.2) is 5.03 Å². The fraction of sp³-hybridized carbons (Fsp3) is 0.583. The Balaban J connectivity index is 1.24. The molecule has 32 heavy (non-hydrogen) atoms. The Morgan fingerprint density at radius 3 is 2.28 bits per heavy atom. The van der Waals surface area contributed by atoms with Gasteiger partial charge in [0.2, 0.25) is 5.91 Å². The van der Waals surface area contributed by atoms with E-state index in [9.17, 15) is 13.2 Å². The molecule has 0 bridgehead atoms. The summed E-state index contributed by atoms with van der Waals surface area (Å²) < 4.78 is 29.0. The quantitative estimate of drug-likeness (QED) is 0.667. The maximum Gasteiger partial charge on any atom is 0.262 e. The van der Waals surface area contributed by atoms with E-state index in [4.69, 9.17) is 0 Å². The molecular weight excluding hydrogens is 424 g/mol. The summed E-state index contributed by atoms with van der Waals surface area (Å²) in [4.78, 5) is 19.2. The fourth-order valence-corrected chi connectivity index (χ4v) is 6.34. The second kappa shape index (κ2) is 9.75. The second-order valence-electron chi connectivity index (χ2n) is 9.21. The van der Waals surface area contributed by atoms with Gasteiger partial charge in [0, 0.05) is 45.3 Å². The summed E-state index contributed by atoms with van der Waals surface area (Å²) >= 11 is 0. The number of hydrogen-bond donors (Lipinski definition) is 0. The van der Waals surface area contributed by atoms with E-state index >= 15 is 0 Å². The highest BCUT2D eigenvalue weighted by Crippen LogP contribution is 2.28. The van der Waals surface area contributed by atoms with Crippen LogP contribution in [0.25, 0.3) is 0 Å². The Labute approximate surface area is 191 Å². The molecule has 4 rings (SSSR count). The summed E-state index contributed by atoms with van der Waals surface area (Å²) in [6.07, 6.45) is 7.12. The highest BCUT2D eigenvalue weighted by Gasteiger charge is 2.35. The van der Waals surface area contributed by atoms with Gasteiger partial charge in [0.25, 0.3) is 10.0 Å². The van der Waals surface area contributed by atoms with Gasteiger partial charge in [-0.05, 0) is 56.9 Å². The van der Waals surface area contributed by atoms with Gasteiger partial charge in [0.05, 0.1) is 0 Å². The van der Waals surface area contributed by atoms with Gasteiger partial charge < -0.3 is 9.47 Å². The summed E-state index contributed by atoms with van der Waals surface area (Å²) in [6.45, 7) is 4.19. The average Bonchev–Trinajstić information content (AvgIpc) is 3.17. The first-order chi connectivity index (χ1) is 15.3. The number of sulfonamides is 1. The van der Waals surface area contributed by atoms with Crippen molar-refractivity contribution in [1.29, 1.82) is 0 Å². The first kappa shape index (κ1) is 23.0. The Bertz CT molecular complexity index is 999. The topological polar surface area (TPSA) is 75.5 Å². The number of aromatic nitrogens is 2. The number of carbonyl (C=O) groups excluding carboxylic acids is 1. The van der Waals surface area contributed by atoms with Crippen molar-refractivity contribution in [2.75, 3.05) is 26.2 Å². The number of piperidine rings is 2. The van der Waals surface area contributed by atoms with Gasteiger partial charge in [-0.15, -0.1) is 0 Å². The minimum atomic E-state index is -3.60. The van der Waals surface area contributed by atoms with Crippen LogP contribution in [0.5, 0.6) is 0 Å². The first-order valence-electron chi connectivity index (χ1n) is 11.7. The highest BCUT2D eigenvalue weighted by molar-refractivity contribution is 7.89. The Hall–Kier alpha value is -2.19. The lowest BCUT2D eigenvalue weighted by Crippen LogP contribution is -2.46. The van der Waals surface area contributed by atoms with Gasteiger partial charge in [0.1, 0.15) is 5.82 Å². The van der Waals surface area contributed by atoms with Gasteiger partial charge >= 0.3 is 0 Å². The van der Waals surface area contributed by atoms with Crippen LogP contribution in [-0.4, -0.2) is 59.3 Å². The van der Waals surface area contributed by atoms with Crippen LogP contribution in [0.15, 0.2) is 41.6 Å². The van der Waals surface area contributed by atoms with Crippen molar-refractivity contribution in [2.45, 2.75) is 50.5 Å². The Morgan fingerprint density at radius 2 is 1.69 bits per heavy atom. The standard InChI is InChI=1S/C24H34N4O3S/c1-19-25-23(18-26(19)2)32(30,31)28-16-12-22(13-17-28)24(29)27-14-10-21(11-15-27)9-8-20-6-4-3-5-7-20/h3-7,18,21-22H,8-17H2,1-2H3. The monoisotopic (exact) mass is 458 g/mol. The molecule has 0 saturated carbocycles. The van der Waals surface area contributed by atoms with Gasteiger partial charge in [-0.2, -0.15) is 4.31 Å². The lowest BCUT2D eigenvalue weighted by Gasteiger charge is -2.37. The molecule has 0 N–H and O–H groups in total. The molecule has 0 spiro atoms. The summed E-state index contributed by atoms with van der Waals surface area (Å²) in [5, 5.41) is 0.0971. The fourth-order valence-electron chi connectivity index (χ4n) is 4.84. The molecule has 2 aliphatic rings. The largest absolute Gasteiger partial charge is 0.342 e. The van der Waals surface area contributed by atoms with Crippen LogP contribution in [0.1, 0.15) is 43.5 Å². The van der Waals surface area contributed by atoms with E-state index in [1.807, 2.05) is 11.0 Å². The van der Waals surface area contributed by atoms with Gasteiger partial charge in [-0.1, -0.05) is 30.3 Å². The molecule has 1 aromatic heterocycles. The number of imidazole rings is 1. The number of likely N-dealkylation sites (tertiary alicyclic amines) is 1. The Morgan fingerprint density at radius 1 is 1.03 bits per heavy atom. The number of rotatable bonds is 6. The number of carbonyl (C=O) groups is 1. The molecule has 0 unspecified atom stereocenters. The summed E-state index contributed by atoms with van der Waals surface area (Å²) in [5.41, 5.74) is 1.38. The number of hydrogen-bond acceptors (Lipinski definition) is 4. The molecule has 2 fully saturated rings. The molecule has 0 radical (unpaired) electrons. The number of nitrogens with zero attached hydrogens (tertiary/aromatic N) is 4. The van der Waals surface area contributed by atoms with E-state index in [0.29, 0.717) is 37.7 Å². The molecule has 2 aromatic rings. The predicted molar refractivity (Wildman–Crippen MR) is 123 cm³/mol. The van der Waals surface area contributed by atoms with Crippen molar-refractivity contribution < 1.29 is 13.2 Å². The van der Waals surface area contributed by atoms with Crippen molar-refractivity contribution in [3.8, 4) is 0 Å². The third-order valence-corrected chi connectivity index (χ3v) is 8.87. The van der Waals surface area contributed by atoms with E-state index in [0.717, 1.165) is 32.4 Å². The zero-order valence-corrected chi connectivity index (χ0v) is 19.9. The van der Waals surface area contributed by atoms with E-state index < -0.39 is 10.0 Å². The maximum atomic E-state index is 13.1. The average molecular weight is 459 g/mol. The molecule has 2 saturated heterocycles. The molecule has 1 aromatic carbocycles. The second-order valence-corrected chi connectivity index (χ2v) is 11.1. The Kier molecular flexibility index (Phi) is 7.00. The molecule has 2 aliphatic heterocycles. The van der Waals surface area contributed by atoms with Crippen molar-refractivity contribution in [3.05, 3.63) is 47.9 Å². The van der Waals surface area contributed by atoms with Crippen molar-refractivity contribution >= 4 is 15.9 Å². The minimum absolute atomic E-state index is 0.0761. The van der Waals surface area contributed by atoms with Crippen LogP contribution in [-0.2, 0) is 28.3 Å². The molecular formula is C24H34N4O3S. The molecule has 7 nitrogen and oxygen atoms in total. The lowest BCUT2D eigenvalue weighted by molar-refractivity contribution is -0.138. The highest BCUT2D eigenvalue weighted by atomic mass is 32.2. The van der Waals surface area contributed by atoms with E-state index in [1.54, 1.807) is 24.7 Å². The van der Waals surface area contributed by atoms with Crippen LogP contribution in [0.3, 0.4) is 0 Å². The van der Waals surface area contributed by atoms with Crippen molar-refractivity contribution in [3.63, 3.8) is 0 Å². The summed E-state index contributed by atoms with van der Waals surface area (Å²) in [7, 11) is -1.81. The third-order valence-electron chi connectivity index (χ3n) is 7.10. The lowest BCUT2D eigenvalue weighted by atomic mass is 9.89. The van der Waals surface area contributed by atoms with Crippen LogP contribution in [0.4, 0.5) is 0 Å². The number of aryl methyl sites for hydroxylation is 3. The zero-order valence-electron chi connectivity index (χ0n) is 19.1. The number of amides is 1. The summed E-state index contributed by atoms with van der Waals surface area (Å²) in [6, 6.07) is 10.6. The zero-order chi connectivity index (χ0) is 22.7. The van der Waals surface area contributed by atoms with Gasteiger partial charge in [-0.25, -0.2) is 13.4 Å². The molecule has 1 amide bonds.